The fourth-order valence-corrected chi connectivity index (χ4v) is 4.14. The van der Waals surface area contributed by atoms with Gasteiger partial charge in [0, 0.05) is 5.92 Å². The van der Waals surface area contributed by atoms with E-state index in [4.69, 9.17) is 9.47 Å². The molecule has 0 aromatic heterocycles. The number of aliphatic hydroxyl groups excluding tert-OH is 1. The van der Waals surface area contributed by atoms with Gasteiger partial charge in [-0.3, -0.25) is 9.59 Å². The number of hydrogen-bond donors (Lipinski definition) is 1. The molecular formula is C21H28O5. The molecule has 6 atom stereocenters. The van der Waals surface area contributed by atoms with E-state index in [1.54, 1.807) is 0 Å². The third kappa shape index (κ3) is 4.09. The molecule has 6 unspecified atom stereocenters. The lowest BCUT2D eigenvalue weighted by Gasteiger charge is -2.35. The summed E-state index contributed by atoms with van der Waals surface area (Å²) in [5.74, 6) is -0.918. The predicted molar refractivity (Wildman–Crippen MR) is 97.0 cm³/mol. The van der Waals surface area contributed by atoms with E-state index >= 15 is 0 Å². The highest BCUT2D eigenvalue weighted by Gasteiger charge is 2.39. The first-order chi connectivity index (χ1) is 12.4. The van der Waals surface area contributed by atoms with Gasteiger partial charge in [-0.2, -0.15) is 0 Å². The number of fused-ring (bicyclic) bond motifs is 2. The lowest BCUT2D eigenvalue weighted by atomic mass is 9.77. The van der Waals surface area contributed by atoms with E-state index in [0.717, 1.165) is 24.0 Å². The molecule has 0 radical (unpaired) electrons. The van der Waals surface area contributed by atoms with Crippen LogP contribution >= 0.6 is 0 Å². The van der Waals surface area contributed by atoms with Crippen LogP contribution in [0.2, 0.25) is 0 Å². The second kappa shape index (κ2) is 7.78. The molecule has 0 amide bonds. The van der Waals surface area contributed by atoms with Gasteiger partial charge >= 0.3 is 11.9 Å². The third-order valence-electron chi connectivity index (χ3n) is 5.66. The number of allylic oxidation sites excluding steroid dienone is 3. The molecule has 26 heavy (non-hydrogen) atoms. The number of rotatable bonds is 1. The minimum absolute atomic E-state index is 0.0266. The molecule has 0 aromatic carbocycles. The van der Waals surface area contributed by atoms with Crippen molar-refractivity contribution in [3.8, 4) is 0 Å². The van der Waals surface area contributed by atoms with Crippen molar-refractivity contribution in [2.45, 2.75) is 64.8 Å². The van der Waals surface area contributed by atoms with E-state index in [1.165, 1.54) is 0 Å². The lowest BCUT2D eigenvalue weighted by molar-refractivity contribution is -0.161. The maximum absolute atomic E-state index is 12.5. The average molecular weight is 360 g/mol. The number of carbonyl (C=O) groups excluding carboxylic acids is 2. The summed E-state index contributed by atoms with van der Waals surface area (Å²) in [5.41, 5.74) is 2.02. The Hall–Kier alpha value is -1.88. The Morgan fingerprint density at radius 2 is 1.92 bits per heavy atom. The zero-order valence-corrected chi connectivity index (χ0v) is 15.7. The molecule has 0 aromatic rings. The Kier molecular flexibility index (Phi) is 5.66. The van der Waals surface area contributed by atoms with Gasteiger partial charge in [-0.05, 0) is 45.1 Å². The summed E-state index contributed by atoms with van der Waals surface area (Å²) in [5, 5.41) is 10.1. The summed E-state index contributed by atoms with van der Waals surface area (Å²) in [6.45, 7) is 5.98. The van der Waals surface area contributed by atoms with Crippen molar-refractivity contribution < 1.29 is 24.2 Å². The predicted octanol–water partition coefficient (Wildman–Crippen LogP) is 3.09. The molecule has 0 bridgehead atoms. The van der Waals surface area contributed by atoms with Crippen LogP contribution in [0.3, 0.4) is 0 Å². The number of cyclic esters (lactones) is 1. The van der Waals surface area contributed by atoms with Gasteiger partial charge in [0.05, 0.1) is 18.4 Å². The number of carbonyl (C=O) groups is 2. The summed E-state index contributed by atoms with van der Waals surface area (Å²) in [6, 6.07) is 0. The van der Waals surface area contributed by atoms with Crippen LogP contribution in [0, 0.1) is 17.8 Å². The molecule has 5 nitrogen and oxygen atoms in total. The van der Waals surface area contributed by atoms with Crippen molar-refractivity contribution >= 4 is 11.9 Å². The van der Waals surface area contributed by atoms with Crippen molar-refractivity contribution in [2.24, 2.45) is 17.8 Å². The zero-order chi connectivity index (χ0) is 18.8. The van der Waals surface area contributed by atoms with E-state index in [0.29, 0.717) is 6.42 Å². The van der Waals surface area contributed by atoms with Gasteiger partial charge < -0.3 is 14.6 Å². The van der Waals surface area contributed by atoms with Crippen molar-refractivity contribution in [1.82, 2.24) is 0 Å². The molecule has 142 valence electrons. The van der Waals surface area contributed by atoms with Crippen LogP contribution in [-0.4, -0.2) is 35.4 Å². The first-order valence-corrected chi connectivity index (χ1v) is 9.50. The largest absolute Gasteiger partial charge is 0.462 e. The fraction of sp³-hybridized carbons (Fsp3) is 0.619. The minimum Gasteiger partial charge on any atom is -0.462 e. The summed E-state index contributed by atoms with van der Waals surface area (Å²) in [7, 11) is 0. The molecule has 3 rings (SSSR count). The monoisotopic (exact) mass is 360 g/mol. The van der Waals surface area contributed by atoms with E-state index in [-0.39, 0.29) is 42.2 Å². The lowest BCUT2D eigenvalue weighted by Crippen LogP contribution is -2.38. The maximum atomic E-state index is 12.5. The zero-order valence-electron chi connectivity index (χ0n) is 15.7. The summed E-state index contributed by atoms with van der Waals surface area (Å²) in [6.07, 6.45) is 8.78. The molecular weight excluding hydrogens is 332 g/mol. The Balaban J connectivity index is 2.01. The van der Waals surface area contributed by atoms with Gasteiger partial charge in [-0.1, -0.05) is 36.3 Å². The molecule has 1 N–H and O–H groups in total. The summed E-state index contributed by atoms with van der Waals surface area (Å²) < 4.78 is 11.2. The number of hydrogen-bond acceptors (Lipinski definition) is 5. The van der Waals surface area contributed by atoms with Crippen molar-refractivity contribution in [1.29, 1.82) is 0 Å². The highest BCUT2D eigenvalue weighted by Crippen LogP contribution is 2.37. The minimum atomic E-state index is -0.690. The van der Waals surface area contributed by atoms with Gasteiger partial charge in [-0.25, -0.2) is 0 Å². The van der Waals surface area contributed by atoms with Crippen LogP contribution in [0.5, 0.6) is 0 Å². The molecule has 2 heterocycles. The molecule has 0 spiro atoms. The number of esters is 2. The van der Waals surface area contributed by atoms with Crippen LogP contribution < -0.4 is 0 Å². The second-order valence-electron chi connectivity index (χ2n) is 7.73. The molecule has 0 saturated carbocycles. The van der Waals surface area contributed by atoms with E-state index in [9.17, 15) is 14.7 Å². The Morgan fingerprint density at radius 1 is 1.15 bits per heavy atom. The van der Waals surface area contributed by atoms with Crippen molar-refractivity contribution in [3.63, 3.8) is 0 Å². The topological polar surface area (TPSA) is 72.8 Å². The standard InChI is InChI=1S/C21H28O5/c1-4-16-11-17-13(3)8-19-14(9-15(22)10-20(23)26-19)6-5-12(2)7-18(17)21(24)25-16/h5-8,14-19,22H,4,9-11H2,1-3H3/b6-5+,12-7-,13-8+. The molecule has 2 saturated heterocycles. The van der Waals surface area contributed by atoms with Gasteiger partial charge in [0.25, 0.3) is 0 Å². The maximum Gasteiger partial charge on any atom is 0.313 e. The van der Waals surface area contributed by atoms with Gasteiger partial charge in [0.1, 0.15) is 12.2 Å². The van der Waals surface area contributed by atoms with Gasteiger partial charge in [-0.15, -0.1) is 0 Å². The molecule has 3 aliphatic rings. The van der Waals surface area contributed by atoms with Gasteiger partial charge in [0.15, 0.2) is 0 Å². The quantitative estimate of drug-likeness (QED) is 0.575. The van der Waals surface area contributed by atoms with Crippen LogP contribution in [0.4, 0.5) is 0 Å². The van der Waals surface area contributed by atoms with Crippen LogP contribution in [0.25, 0.3) is 0 Å². The first-order valence-electron chi connectivity index (χ1n) is 9.50. The van der Waals surface area contributed by atoms with Crippen LogP contribution in [0.1, 0.15) is 46.5 Å². The van der Waals surface area contributed by atoms with E-state index in [2.05, 4.69) is 0 Å². The Labute approximate surface area is 154 Å². The first kappa shape index (κ1) is 18.9. The van der Waals surface area contributed by atoms with Crippen LogP contribution in [0.15, 0.2) is 35.5 Å². The molecule has 5 heteroatoms. The van der Waals surface area contributed by atoms with Crippen molar-refractivity contribution in [2.75, 3.05) is 0 Å². The number of ether oxygens (including phenoxy) is 2. The Morgan fingerprint density at radius 3 is 2.65 bits per heavy atom. The highest BCUT2D eigenvalue weighted by atomic mass is 16.5. The molecule has 2 fully saturated rings. The third-order valence-corrected chi connectivity index (χ3v) is 5.66. The van der Waals surface area contributed by atoms with E-state index < -0.39 is 12.2 Å². The van der Waals surface area contributed by atoms with Crippen molar-refractivity contribution in [3.05, 3.63) is 35.5 Å². The average Bonchev–Trinajstić information content (AvgIpc) is 2.71. The second-order valence-corrected chi connectivity index (χ2v) is 7.73. The molecule has 1 aliphatic carbocycles. The number of aliphatic hydroxyl groups is 1. The van der Waals surface area contributed by atoms with E-state index in [1.807, 2.05) is 45.1 Å². The fourth-order valence-electron chi connectivity index (χ4n) is 4.14. The summed E-state index contributed by atoms with van der Waals surface area (Å²) in [4.78, 5) is 24.5. The smallest absolute Gasteiger partial charge is 0.313 e. The Bertz CT molecular complexity index is 659. The highest BCUT2D eigenvalue weighted by molar-refractivity contribution is 5.77. The van der Waals surface area contributed by atoms with Gasteiger partial charge in [0.2, 0.25) is 0 Å². The normalized spacial score (nSPS) is 43.2. The summed E-state index contributed by atoms with van der Waals surface area (Å²) >= 11 is 0. The molecule has 2 aliphatic heterocycles. The SMILES string of the molecule is CCC1CC2/C(C)=C/C3OC(=O)CC(O)CC3/C=C/C(C)=C\C2C(=O)O1. The van der Waals surface area contributed by atoms with Crippen LogP contribution in [-0.2, 0) is 19.1 Å².